The summed E-state index contributed by atoms with van der Waals surface area (Å²) in [6.07, 6.45) is 1.45. The van der Waals surface area contributed by atoms with Crippen LogP contribution in [0.3, 0.4) is 0 Å². The van der Waals surface area contributed by atoms with Gasteiger partial charge in [-0.25, -0.2) is 9.79 Å². The molecule has 0 aliphatic carbocycles. The van der Waals surface area contributed by atoms with Crippen molar-refractivity contribution in [3.05, 3.63) is 70.7 Å². The maximum absolute atomic E-state index is 13.1. The maximum atomic E-state index is 13.1. The number of benzene rings is 2. The number of Topliss-reactive ketones (excluding diaryl/α,β-unsaturated/α-hetero) is 1. The Balaban J connectivity index is 2.11. The first-order valence-electron chi connectivity index (χ1n) is 9.08. The largest absolute Gasteiger partial charge is 0.405 e. The highest BCUT2D eigenvalue weighted by Crippen LogP contribution is 2.43. The number of nitrogens with zero attached hydrogens (tertiary/aromatic N) is 1. The Labute approximate surface area is 164 Å². The van der Waals surface area contributed by atoms with E-state index in [4.69, 9.17) is 21.3 Å². The van der Waals surface area contributed by atoms with Gasteiger partial charge in [-0.15, -0.1) is 0 Å². The molecule has 0 amide bonds. The molecule has 3 rings (SSSR count). The minimum Gasteiger partial charge on any atom is -0.405 e. The van der Waals surface area contributed by atoms with E-state index in [1.165, 1.54) is 6.92 Å². The molecule has 2 atom stereocenters. The van der Waals surface area contributed by atoms with Crippen LogP contribution < -0.4 is 0 Å². The number of aliphatic imine (C=N–C) groups is 1. The first kappa shape index (κ1) is 19.3. The van der Waals surface area contributed by atoms with Gasteiger partial charge in [-0.05, 0) is 43.2 Å². The van der Waals surface area contributed by atoms with Crippen molar-refractivity contribution in [3.8, 4) is 0 Å². The van der Waals surface area contributed by atoms with E-state index in [-0.39, 0.29) is 12.2 Å². The summed E-state index contributed by atoms with van der Waals surface area (Å²) < 4.78 is 5.60. The van der Waals surface area contributed by atoms with Gasteiger partial charge in [0.25, 0.3) is 0 Å². The number of ketones is 1. The minimum absolute atomic E-state index is 0.00147. The Morgan fingerprint density at radius 2 is 1.81 bits per heavy atom. The Bertz CT molecular complexity index is 861. The zero-order valence-corrected chi connectivity index (χ0v) is 16.2. The summed E-state index contributed by atoms with van der Waals surface area (Å²) in [6, 6.07) is 16.6. The van der Waals surface area contributed by atoms with Crippen molar-refractivity contribution >= 4 is 29.3 Å². The standard InChI is InChI=1S/C22H22ClNO3/c1-3-13-22(19(14-15(2)25)16-9-11-18(23)12-10-16)21(26)27-20(24-22)17-7-5-4-6-8-17/h4-12,19H,3,13-14H2,1-2H3/t19-,22-/m1/s1. The van der Waals surface area contributed by atoms with Crippen molar-refractivity contribution in [2.45, 2.75) is 44.6 Å². The summed E-state index contributed by atoms with van der Waals surface area (Å²) in [4.78, 5) is 29.9. The molecule has 0 bridgehead atoms. The summed E-state index contributed by atoms with van der Waals surface area (Å²) in [5.41, 5.74) is 0.499. The number of hydrogen-bond acceptors (Lipinski definition) is 4. The zero-order valence-electron chi connectivity index (χ0n) is 15.4. The smallest absolute Gasteiger partial charge is 0.341 e. The quantitative estimate of drug-likeness (QED) is 0.636. The molecule has 0 N–H and O–H groups in total. The van der Waals surface area contributed by atoms with Crippen LogP contribution >= 0.6 is 11.6 Å². The first-order valence-corrected chi connectivity index (χ1v) is 9.46. The highest BCUT2D eigenvalue weighted by molar-refractivity contribution is 6.30. The van der Waals surface area contributed by atoms with Gasteiger partial charge < -0.3 is 9.53 Å². The molecule has 0 saturated heterocycles. The molecule has 27 heavy (non-hydrogen) atoms. The lowest BCUT2D eigenvalue weighted by molar-refractivity contribution is -0.140. The molecule has 140 valence electrons. The number of ether oxygens (including phenoxy) is 1. The zero-order chi connectivity index (χ0) is 19.4. The number of esters is 1. The van der Waals surface area contributed by atoms with Gasteiger partial charge in [0.15, 0.2) is 5.54 Å². The first-order chi connectivity index (χ1) is 13.0. The molecule has 1 aliphatic rings. The van der Waals surface area contributed by atoms with Crippen molar-refractivity contribution in [2.75, 3.05) is 0 Å². The Morgan fingerprint density at radius 3 is 2.41 bits per heavy atom. The highest BCUT2D eigenvalue weighted by atomic mass is 35.5. The molecule has 0 saturated carbocycles. The summed E-state index contributed by atoms with van der Waals surface area (Å²) in [5.74, 6) is -0.483. The lowest BCUT2D eigenvalue weighted by atomic mass is 9.74. The van der Waals surface area contributed by atoms with Crippen LogP contribution in [0.1, 0.15) is 50.2 Å². The molecule has 0 unspecified atom stereocenters. The van der Waals surface area contributed by atoms with Crippen LogP contribution in [0.5, 0.6) is 0 Å². The predicted molar refractivity (Wildman–Crippen MR) is 106 cm³/mol. The van der Waals surface area contributed by atoms with Gasteiger partial charge >= 0.3 is 5.97 Å². The molecule has 1 heterocycles. The molecule has 0 aromatic heterocycles. The van der Waals surface area contributed by atoms with Gasteiger partial charge in [0, 0.05) is 22.9 Å². The fraction of sp³-hybridized carbons (Fsp3) is 0.318. The summed E-state index contributed by atoms with van der Waals surface area (Å²) >= 11 is 6.02. The van der Waals surface area contributed by atoms with Crippen LogP contribution in [0.15, 0.2) is 59.6 Å². The Hall–Kier alpha value is -2.46. The third kappa shape index (κ3) is 3.96. The van der Waals surface area contributed by atoms with E-state index in [0.717, 1.165) is 17.5 Å². The molecule has 2 aromatic rings. The van der Waals surface area contributed by atoms with E-state index in [9.17, 15) is 9.59 Å². The summed E-state index contributed by atoms with van der Waals surface area (Å²) in [5, 5.41) is 0.604. The highest BCUT2D eigenvalue weighted by Gasteiger charge is 2.52. The molecular weight excluding hydrogens is 362 g/mol. The topological polar surface area (TPSA) is 55.7 Å². The summed E-state index contributed by atoms with van der Waals surface area (Å²) in [7, 11) is 0. The van der Waals surface area contributed by atoms with Crippen molar-refractivity contribution in [1.29, 1.82) is 0 Å². The minimum atomic E-state index is -1.11. The number of rotatable bonds is 7. The molecule has 2 aromatic carbocycles. The molecule has 5 heteroatoms. The van der Waals surface area contributed by atoms with Crippen LogP contribution in [0.2, 0.25) is 5.02 Å². The fourth-order valence-corrected chi connectivity index (χ4v) is 3.73. The molecule has 1 aliphatic heterocycles. The molecule has 0 fully saturated rings. The Morgan fingerprint density at radius 1 is 1.15 bits per heavy atom. The van der Waals surface area contributed by atoms with Crippen LogP contribution in [-0.2, 0) is 14.3 Å². The van der Waals surface area contributed by atoms with Gasteiger partial charge in [0.05, 0.1) is 0 Å². The van der Waals surface area contributed by atoms with Crippen LogP contribution in [0.25, 0.3) is 0 Å². The number of halogens is 1. The monoisotopic (exact) mass is 383 g/mol. The van der Waals surface area contributed by atoms with Crippen LogP contribution in [0.4, 0.5) is 0 Å². The predicted octanol–water partition coefficient (Wildman–Crippen LogP) is 4.95. The lowest BCUT2D eigenvalue weighted by Gasteiger charge is -2.31. The Kier molecular flexibility index (Phi) is 5.76. The third-order valence-corrected chi connectivity index (χ3v) is 5.09. The number of cyclic esters (lactones) is 1. The van der Waals surface area contributed by atoms with Crippen molar-refractivity contribution in [3.63, 3.8) is 0 Å². The van der Waals surface area contributed by atoms with Crippen LogP contribution in [0, 0.1) is 0 Å². The van der Waals surface area contributed by atoms with Gasteiger partial charge in [-0.2, -0.15) is 0 Å². The van der Waals surface area contributed by atoms with E-state index in [0.29, 0.717) is 17.3 Å². The number of carbonyl (C=O) groups excluding carboxylic acids is 2. The molecule has 0 radical (unpaired) electrons. The maximum Gasteiger partial charge on any atom is 0.341 e. The van der Waals surface area contributed by atoms with Gasteiger partial charge in [0.2, 0.25) is 5.90 Å². The fourth-order valence-electron chi connectivity index (χ4n) is 3.61. The van der Waals surface area contributed by atoms with E-state index in [2.05, 4.69) is 0 Å². The number of hydrogen-bond donors (Lipinski definition) is 0. The molecule has 0 spiro atoms. The average molecular weight is 384 g/mol. The van der Waals surface area contributed by atoms with E-state index in [1.54, 1.807) is 12.1 Å². The van der Waals surface area contributed by atoms with Crippen molar-refractivity contribution in [2.24, 2.45) is 4.99 Å². The third-order valence-electron chi connectivity index (χ3n) is 4.84. The second-order valence-electron chi connectivity index (χ2n) is 6.86. The normalized spacial score (nSPS) is 20.1. The van der Waals surface area contributed by atoms with Gasteiger partial charge in [-0.3, -0.25) is 0 Å². The van der Waals surface area contributed by atoms with Crippen LogP contribution in [-0.4, -0.2) is 23.2 Å². The molecule has 4 nitrogen and oxygen atoms in total. The van der Waals surface area contributed by atoms with Gasteiger partial charge in [0.1, 0.15) is 5.78 Å². The van der Waals surface area contributed by atoms with E-state index < -0.39 is 17.4 Å². The molecular formula is C22H22ClNO3. The second kappa shape index (κ2) is 8.05. The SMILES string of the molecule is CCC[C@]1([C@H](CC(C)=O)c2ccc(Cl)cc2)N=C(c2ccccc2)OC1=O. The average Bonchev–Trinajstić information content (AvgIpc) is 2.99. The van der Waals surface area contributed by atoms with Crippen molar-refractivity contribution < 1.29 is 14.3 Å². The van der Waals surface area contributed by atoms with E-state index in [1.807, 2.05) is 49.4 Å². The van der Waals surface area contributed by atoms with Gasteiger partial charge in [-0.1, -0.05) is 55.3 Å². The lowest BCUT2D eigenvalue weighted by Crippen LogP contribution is -2.41. The van der Waals surface area contributed by atoms with Crippen molar-refractivity contribution in [1.82, 2.24) is 0 Å². The number of carbonyl (C=O) groups is 2. The second-order valence-corrected chi connectivity index (χ2v) is 7.29. The van der Waals surface area contributed by atoms with E-state index >= 15 is 0 Å². The summed E-state index contributed by atoms with van der Waals surface area (Å²) in [6.45, 7) is 3.53.